The van der Waals surface area contributed by atoms with Gasteiger partial charge < -0.3 is 20.3 Å². The van der Waals surface area contributed by atoms with Crippen LogP contribution in [-0.2, 0) is 14.3 Å². The van der Waals surface area contributed by atoms with Gasteiger partial charge in [0.15, 0.2) is 0 Å². The number of rotatable bonds is 70. The fourth-order valence-corrected chi connectivity index (χ4v) is 11.9. The molecule has 0 rings (SSSR count). The third-order valence-electron chi connectivity index (χ3n) is 17.6. The van der Waals surface area contributed by atoms with Gasteiger partial charge in [0.05, 0.1) is 25.4 Å². The number of esters is 1. The van der Waals surface area contributed by atoms with E-state index in [2.05, 4.69) is 19.2 Å². The van der Waals surface area contributed by atoms with Gasteiger partial charge in [-0.1, -0.05) is 392 Å². The van der Waals surface area contributed by atoms with Crippen molar-refractivity contribution in [3.8, 4) is 0 Å². The maximum absolute atomic E-state index is 12.5. The summed E-state index contributed by atoms with van der Waals surface area (Å²) >= 11 is 0. The fourth-order valence-electron chi connectivity index (χ4n) is 11.9. The van der Waals surface area contributed by atoms with Crippen molar-refractivity contribution >= 4 is 11.9 Å². The molecule has 0 aliphatic carbocycles. The minimum atomic E-state index is -0.845. The predicted molar refractivity (Wildman–Crippen MR) is 352 cm³/mol. The molecule has 476 valence electrons. The molecule has 0 aromatic rings. The van der Waals surface area contributed by atoms with E-state index in [0.29, 0.717) is 19.4 Å². The second kappa shape index (κ2) is 70.1. The molecular formula is C74H145NO5. The van der Waals surface area contributed by atoms with Gasteiger partial charge in [-0.05, 0) is 32.1 Å². The molecule has 0 aliphatic rings. The summed E-state index contributed by atoms with van der Waals surface area (Å²) in [5, 5.41) is 23.3. The number of carbonyl (C=O) groups excluding carboxylic acids is 2. The molecule has 6 nitrogen and oxygen atoms in total. The number of amides is 1. The molecular weight excluding hydrogens is 983 g/mol. The zero-order valence-electron chi connectivity index (χ0n) is 54.6. The summed E-state index contributed by atoms with van der Waals surface area (Å²) in [5.74, 6) is -0.0428. The minimum absolute atomic E-state index is 0.0185. The van der Waals surface area contributed by atoms with Crippen LogP contribution in [0.5, 0.6) is 0 Å². The highest BCUT2D eigenvalue weighted by Gasteiger charge is 2.18. The van der Waals surface area contributed by atoms with Crippen LogP contribution in [0.2, 0.25) is 0 Å². The van der Waals surface area contributed by atoms with Gasteiger partial charge in [-0.25, -0.2) is 0 Å². The maximum Gasteiger partial charge on any atom is 0.305 e. The van der Waals surface area contributed by atoms with Crippen LogP contribution < -0.4 is 5.32 Å². The number of allylic oxidation sites excluding steroid dienone is 1. The molecule has 0 radical (unpaired) electrons. The number of carbonyl (C=O) groups is 2. The molecule has 0 aromatic carbocycles. The van der Waals surface area contributed by atoms with Crippen LogP contribution in [0.4, 0.5) is 0 Å². The van der Waals surface area contributed by atoms with Crippen molar-refractivity contribution in [1.29, 1.82) is 0 Å². The van der Waals surface area contributed by atoms with E-state index < -0.39 is 12.1 Å². The van der Waals surface area contributed by atoms with Gasteiger partial charge in [0.25, 0.3) is 0 Å². The van der Waals surface area contributed by atoms with E-state index in [9.17, 15) is 19.8 Å². The van der Waals surface area contributed by atoms with E-state index in [1.54, 1.807) is 6.08 Å². The number of unbranched alkanes of at least 4 members (excludes halogenated alkanes) is 59. The van der Waals surface area contributed by atoms with Crippen LogP contribution in [0.25, 0.3) is 0 Å². The molecule has 0 saturated heterocycles. The van der Waals surface area contributed by atoms with Gasteiger partial charge in [-0.2, -0.15) is 0 Å². The molecule has 0 saturated carbocycles. The standard InChI is InChI=1S/C74H145NO5/c1-3-5-7-9-11-13-15-17-19-20-21-22-23-24-27-30-33-36-39-42-46-50-54-58-62-66-72(77)71(70-76)75-73(78)67-63-59-55-51-47-43-40-37-34-31-28-25-26-29-32-35-38-41-45-49-53-57-61-65-69-80-74(79)68-64-60-56-52-48-44-18-16-14-12-10-8-6-4-2/h62,66,71-72,76-77H,3-61,63-65,67-70H2,1-2H3,(H,75,78)/b66-62+. The summed E-state index contributed by atoms with van der Waals surface area (Å²) in [6.45, 7) is 4.96. The molecule has 0 heterocycles. The number of hydrogen-bond donors (Lipinski definition) is 3. The average Bonchev–Trinajstić information content (AvgIpc) is 3.46. The maximum atomic E-state index is 12.5. The molecule has 0 aromatic heterocycles. The van der Waals surface area contributed by atoms with Crippen LogP contribution in [-0.4, -0.2) is 47.4 Å². The SMILES string of the molecule is CCCCCCCCCCCCCCCCCCCCCCCCC/C=C/C(O)C(CO)NC(=O)CCCCCCCCCCCCCCCCCCCCCCCCCCOC(=O)CCCCCCCCCCCCCCCC. The number of ether oxygens (including phenoxy) is 1. The zero-order valence-corrected chi connectivity index (χ0v) is 54.6. The second-order valence-electron chi connectivity index (χ2n) is 25.6. The molecule has 6 heteroatoms. The normalized spacial score (nSPS) is 12.5. The first-order chi connectivity index (χ1) is 39.5. The van der Waals surface area contributed by atoms with Crippen molar-refractivity contribution in [1.82, 2.24) is 5.32 Å². The van der Waals surface area contributed by atoms with Gasteiger partial charge in [0.1, 0.15) is 0 Å². The number of aliphatic hydroxyl groups excluding tert-OH is 2. The Balaban J connectivity index is 3.39. The fraction of sp³-hybridized carbons (Fsp3) is 0.946. The molecule has 3 N–H and O–H groups in total. The Morgan fingerprint density at radius 2 is 0.575 bits per heavy atom. The lowest BCUT2D eigenvalue weighted by Gasteiger charge is -2.20. The molecule has 2 unspecified atom stereocenters. The molecule has 0 fully saturated rings. The van der Waals surface area contributed by atoms with E-state index in [4.69, 9.17) is 4.74 Å². The monoisotopic (exact) mass is 1130 g/mol. The second-order valence-corrected chi connectivity index (χ2v) is 25.6. The number of aliphatic hydroxyl groups is 2. The Morgan fingerprint density at radius 3 is 0.850 bits per heavy atom. The van der Waals surface area contributed by atoms with Crippen LogP contribution in [0.1, 0.15) is 425 Å². The van der Waals surface area contributed by atoms with Gasteiger partial charge in [-0.3, -0.25) is 9.59 Å². The van der Waals surface area contributed by atoms with Gasteiger partial charge >= 0.3 is 5.97 Å². The van der Waals surface area contributed by atoms with Crippen molar-refractivity contribution in [2.24, 2.45) is 0 Å². The summed E-state index contributed by atoms with van der Waals surface area (Å²) in [7, 11) is 0. The number of hydrogen-bond acceptors (Lipinski definition) is 5. The molecule has 0 aliphatic heterocycles. The highest BCUT2D eigenvalue weighted by molar-refractivity contribution is 5.76. The van der Waals surface area contributed by atoms with E-state index in [0.717, 1.165) is 38.5 Å². The average molecular weight is 1130 g/mol. The summed E-state index contributed by atoms with van der Waals surface area (Å²) in [4.78, 5) is 24.6. The Bertz CT molecular complexity index is 1210. The quantitative estimate of drug-likeness (QED) is 0.0320. The van der Waals surface area contributed by atoms with Crippen LogP contribution in [0.15, 0.2) is 12.2 Å². The first-order valence-corrected chi connectivity index (χ1v) is 37.0. The van der Waals surface area contributed by atoms with Crippen molar-refractivity contribution in [3.05, 3.63) is 12.2 Å². The Labute approximate surface area is 501 Å². The van der Waals surface area contributed by atoms with Crippen molar-refractivity contribution < 1.29 is 24.5 Å². The summed E-state index contributed by atoms with van der Waals surface area (Å²) in [5.41, 5.74) is 0. The third-order valence-corrected chi connectivity index (χ3v) is 17.6. The van der Waals surface area contributed by atoms with Crippen molar-refractivity contribution in [3.63, 3.8) is 0 Å². The Kier molecular flexibility index (Phi) is 68.9. The Morgan fingerprint density at radius 1 is 0.338 bits per heavy atom. The molecule has 0 bridgehead atoms. The van der Waals surface area contributed by atoms with Crippen molar-refractivity contribution in [2.45, 2.75) is 437 Å². The highest BCUT2D eigenvalue weighted by atomic mass is 16.5. The smallest absolute Gasteiger partial charge is 0.305 e. The summed E-state index contributed by atoms with van der Waals surface area (Å²) in [6.07, 6.45) is 87.3. The third kappa shape index (κ3) is 65.7. The Hall–Kier alpha value is -1.40. The minimum Gasteiger partial charge on any atom is -0.466 e. The summed E-state index contributed by atoms with van der Waals surface area (Å²) < 4.78 is 5.50. The lowest BCUT2D eigenvalue weighted by molar-refractivity contribution is -0.143. The van der Waals surface area contributed by atoms with E-state index >= 15 is 0 Å². The van der Waals surface area contributed by atoms with Gasteiger partial charge in [0, 0.05) is 12.8 Å². The van der Waals surface area contributed by atoms with Crippen LogP contribution >= 0.6 is 0 Å². The lowest BCUT2D eigenvalue weighted by atomic mass is 10.0. The van der Waals surface area contributed by atoms with Crippen LogP contribution in [0, 0.1) is 0 Å². The van der Waals surface area contributed by atoms with Crippen LogP contribution in [0.3, 0.4) is 0 Å². The van der Waals surface area contributed by atoms with Gasteiger partial charge in [0.2, 0.25) is 5.91 Å². The zero-order chi connectivity index (χ0) is 57.8. The first kappa shape index (κ1) is 78.6. The molecule has 1 amide bonds. The molecule has 0 spiro atoms. The van der Waals surface area contributed by atoms with Crippen molar-refractivity contribution in [2.75, 3.05) is 13.2 Å². The molecule has 80 heavy (non-hydrogen) atoms. The highest BCUT2D eigenvalue weighted by Crippen LogP contribution is 2.20. The van der Waals surface area contributed by atoms with E-state index in [1.807, 2.05) is 6.08 Å². The predicted octanol–water partition coefficient (Wildman–Crippen LogP) is 23.9. The van der Waals surface area contributed by atoms with E-state index in [-0.39, 0.29) is 18.5 Å². The van der Waals surface area contributed by atoms with E-state index in [1.165, 1.54) is 360 Å². The number of nitrogens with one attached hydrogen (secondary N) is 1. The summed E-state index contributed by atoms with van der Waals surface area (Å²) in [6, 6.07) is -0.628. The largest absolute Gasteiger partial charge is 0.466 e. The first-order valence-electron chi connectivity index (χ1n) is 37.0. The topological polar surface area (TPSA) is 95.9 Å². The molecule has 2 atom stereocenters. The lowest BCUT2D eigenvalue weighted by Crippen LogP contribution is -2.45. The van der Waals surface area contributed by atoms with Gasteiger partial charge in [-0.15, -0.1) is 0 Å².